The zero-order valence-electron chi connectivity index (χ0n) is 11.8. The van der Waals surface area contributed by atoms with E-state index in [1.165, 1.54) is 22.9 Å². The minimum Gasteiger partial charge on any atom is -0.384 e. The van der Waals surface area contributed by atoms with Crippen LogP contribution in [0.15, 0.2) is 23.1 Å². The van der Waals surface area contributed by atoms with Crippen molar-refractivity contribution in [2.45, 2.75) is 24.2 Å². The number of nitrogens with zero attached hydrogens (tertiary/aromatic N) is 1. The molecule has 0 saturated heterocycles. The molecule has 0 aliphatic heterocycles. The maximum absolute atomic E-state index is 12.5. The molecule has 1 saturated carbocycles. The molecule has 0 aromatic heterocycles. The van der Waals surface area contributed by atoms with Crippen molar-refractivity contribution in [3.05, 3.63) is 28.8 Å². The predicted molar refractivity (Wildman–Crippen MR) is 82.6 cm³/mol. The minimum atomic E-state index is -3.57. The first-order valence-electron chi connectivity index (χ1n) is 6.81. The molecule has 1 aliphatic carbocycles. The van der Waals surface area contributed by atoms with E-state index in [4.69, 9.17) is 16.7 Å². The molecule has 0 atom stereocenters. The molecule has 0 spiro atoms. The molecule has 1 N–H and O–H groups in total. The maximum Gasteiger partial charge on any atom is 0.244 e. The Labute approximate surface area is 130 Å². The van der Waals surface area contributed by atoms with Crippen LogP contribution in [0.2, 0.25) is 5.02 Å². The summed E-state index contributed by atoms with van der Waals surface area (Å²) in [5.41, 5.74) is 0.578. The van der Waals surface area contributed by atoms with E-state index in [9.17, 15) is 8.42 Å². The van der Waals surface area contributed by atoms with Crippen LogP contribution >= 0.6 is 11.6 Å². The van der Waals surface area contributed by atoms with Crippen LogP contribution in [0, 0.1) is 17.8 Å². The summed E-state index contributed by atoms with van der Waals surface area (Å²) in [6.45, 7) is 0.284. The average molecular weight is 328 g/mol. The molecule has 0 heterocycles. The van der Waals surface area contributed by atoms with Gasteiger partial charge >= 0.3 is 0 Å². The second-order valence-corrected chi connectivity index (χ2v) is 7.61. The van der Waals surface area contributed by atoms with E-state index in [-0.39, 0.29) is 16.5 Å². The van der Waals surface area contributed by atoms with E-state index in [1.54, 1.807) is 13.1 Å². The van der Waals surface area contributed by atoms with Crippen LogP contribution in [0.3, 0.4) is 0 Å². The molecule has 1 fully saturated rings. The van der Waals surface area contributed by atoms with E-state index >= 15 is 0 Å². The summed E-state index contributed by atoms with van der Waals surface area (Å²) in [6.07, 6.45) is 3.35. The Kier molecular flexibility index (Phi) is 5.28. The molecule has 1 aromatic carbocycles. The second kappa shape index (κ2) is 6.80. The number of benzene rings is 1. The molecule has 21 heavy (non-hydrogen) atoms. The van der Waals surface area contributed by atoms with E-state index in [0.717, 1.165) is 12.8 Å². The smallest absolute Gasteiger partial charge is 0.244 e. The summed E-state index contributed by atoms with van der Waals surface area (Å²) in [5.74, 6) is 5.66. The quantitative estimate of drug-likeness (QED) is 0.862. The number of aliphatic hydroxyl groups excluding tert-OH is 1. The van der Waals surface area contributed by atoms with Crippen LogP contribution in [0.5, 0.6) is 0 Å². The molecule has 0 unspecified atom stereocenters. The topological polar surface area (TPSA) is 57.6 Å². The van der Waals surface area contributed by atoms with Crippen molar-refractivity contribution in [2.75, 3.05) is 20.2 Å². The Bertz CT molecular complexity index is 672. The van der Waals surface area contributed by atoms with Gasteiger partial charge in [0.1, 0.15) is 11.5 Å². The van der Waals surface area contributed by atoms with Crippen molar-refractivity contribution < 1.29 is 13.5 Å². The number of halogens is 1. The van der Waals surface area contributed by atoms with Crippen LogP contribution in [-0.2, 0) is 10.0 Å². The van der Waals surface area contributed by atoms with Gasteiger partial charge in [-0.3, -0.25) is 0 Å². The van der Waals surface area contributed by atoms with E-state index in [2.05, 4.69) is 11.8 Å². The standard InChI is InChI=1S/C15H18ClNO3S/c1-17(11-13-4-2-5-13)21(19,20)15-8-7-12(6-3-9-18)10-14(15)16/h7-8,10,13,18H,2,4-5,9,11H2,1H3. The first-order valence-corrected chi connectivity index (χ1v) is 8.62. The van der Waals surface area contributed by atoms with Crippen LogP contribution in [-0.4, -0.2) is 38.0 Å². The van der Waals surface area contributed by atoms with E-state index in [0.29, 0.717) is 18.0 Å². The fourth-order valence-electron chi connectivity index (χ4n) is 2.23. The highest BCUT2D eigenvalue weighted by Gasteiger charge is 2.28. The van der Waals surface area contributed by atoms with Gasteiger partial charge in [0.15, 0.2) is 0 Å². The lowest BCUT2D eigenvalue weighted by atomic mass is 9.86. The maximum atomic E-state index is 12.5. The zero-order chi connectivity index (χ0) is 15.5. The average Bonchev–Trinajstić information content (AvgIpc) is 2.39. The molecule has 1 aliphatic rings. The lowest BCUT2D eigenvalue weighted by Gasteiger charge is -2.29. The molecule has 1 aromatic rings. The summed E-state index contributed by atoms with van der Waals surface area (Å²) in [5, 5.41) is 8.81. The highest BCUT2D eigenvalue weighted by molar-refractivity contribution is 7.89. The van der Waals surface area contributed by atoms with Crippen LogP contribution in [0.25, 0.3) is 0 Å². The normalized spacial score (nSPS) is 15.4. The van der Waals surface area contributed by atoms with Gasteiger partial charge < -0.3 is 5.11 Å². The van der Waals surface area contributed by atoms with Crippen molar-refractivity contribution in [3.8, 4) is 11.8 Å². The number of aliphatic hydroxyl groups is 1. The van der Waals surface area contributed by atoms with Gasteiger partial charge in [-0.05, 0) is 37.0 Å². The molecule has 114 valence electrons. The van der Waals surface area contributed by atoms with Crippen molar-refractivity contribution in [3.63, 3.8) is 0 Å². The lowest BCUT2D eigenvalue weighted by Crippen LogP contribution is -2.34. The zero-order valence-corrected chi connectivity index (χ0v) is 13.4. The van der Waals surface area contributed by atoms with Gasteiger partial charge in [0, 0.05) is 19.2 Å². The largest absolute Gasteiger partial charge is 0.384 e. The molecule has 0 radical (unpaired) electrons. The summed E-state index contributed by atoms with van der Waals surface area (Å²) in [6, 6.07) is 4.57. The van der Waals surface area contributed by atoms with Gasteiger partial charge in [-0.2, -0.15) is 0 Å². The molecule has 0 bridgehead atoms. The minimum absolute atomic E-state index is 0.0977. The third kappa shape index (κ3) is 3.78. The van der Waals surface area contributed by atoms with E-state index in [1.807, 2.05) is 0 Å². The monoisotopic (exact) mass is 327 g/mol. The lowest BCUT2D eigenvalue weighted by molar-refractivity contribution is 0.263. The van der Waals surface area contributed by atoms with Crippen molar-refractivity contribution in [1.82, 2.24) is 4.31 Å². The fraction of sp³-hybridized carbons (Fsp3) is 0.467. The molecule has 4 nitrogen and oxygen atoms in total. The number of rotatable bonds is 4. The van der Waals surface area contributed by atoms with Crippen LogP contribution in [0.1, 0.15) is 24.8 Å². The molecule has 0 amide bonds. The SMILES string of the molecule is CN(CC1CCC1)S(=O)(=O)c1ccc(C#CCO)cc1Cl. The molecular formula is C15H18ClNO3S. The predicted octanol–water partition coefficient (Wildman–Crippen LogP) is 2.10. The van der Waals surface area contributed by atoms with Gasteiger partial charge in [0.05, 0.1) is 5.02 Å². The Morgan fingerprint density at radius 3 is 2.67 bits per heavy atom. The third-order valence-corrected chi connectivity index (χ3v) is 5.98. The summed E-state index contributed by atoms with van der Waals surface area (Å²) in [4.78, 5) is 0.0977. The van der Waals surface area contributed by atoms with Crippen LogP contribution < -0.4 is 0 Å². The highest BCUT2D eigenvalue weighted by atomic mass is 35.5. The van der Waals surface area contributed by atoms with Crippen LogP contribution in [0.4, 0.5) is 0 Å². The number of sulfonamides is 1. The Morgan fingerprint density at radius 2 is 2.14 bits per heavy atom. The molecule has 6 heteroatoms. The van der Waals surface area contributed by atoms with Gasteiger partial charge in [-0.1, -0.05) is 29.9 Å². The fourth-order valence-corrected chi connectivity index (χ4v) is 4.00. The summed E-state index contributed by atoms with van der Waals surface area (Å²) in [7, 11) is -1.99. The van der Waals surface area contributed by atoms with Gasteiger partial charge in [-0.25, -0.2) is 12.7 Å². The van der Waals surface area contributed by atoms with Gasteiger partial charge in [0.25, 0.3) is 0 Å². The van der Waals surface area contributed by atoms with Crippen molar-refractivity contribution >= 4 is 21.6 Å². The Balaban J connectivity index is 2.22. The van der Waals surface area contributed by atoms with Gasteiger partial charge in [-0.15, -0.1) is 0 Å². The third-order valence-electron chi connectivity index (χ3n) is 3.67. The first kappa shape index (κ1) is 16.3. The first-order chi connectivity index (χ1) is 9.95. The van der Waals surface area contributed by atoms with Gasteiger partial charge in [0.2, 0.25) is 10.0 Å². The summed E-state index contributed by atoms with van der Waals surface area (Å²) >= 11 is 6.09. The molecule has 2 rings (SSSR count). The highest BCUT2D eigenvalue weighted by Crippen LogP contribution is 2.30. The Hall–Kier alpha value is -1.06. The number of hydrogen-bond acceptors (Lipinski definition) is 3. The molecular weight excluding hydrogens is 310 g/mol. The van der Waals surface area contributed by atoms with Crippen molar-refractivity contribution in [1.29, 1.82) is 0 Å². The number of hydrogen-bond donors (Lipinski definition) is 1. The summed E-state index contributed by atoms with van der Waals surface area (Å²) < 4.78 is 26.4. The van der Waals surface area contributed by atoms with Crippen molar-refractivity contribution in [2.24, 2.45) is 5.92 Å². The van der Waals surface area contributed by atoms with E-state index < -0.39 is 10.0 Å². The second-order valence-electron chi connectivity index (χ2n) is 5.19. The Morgan fingerprint density at radius 1 is 1.43 bits per heavy atom.